The number of carbonyl (C=O) groups is 7. The van der Waals surface area contributed by atoms with E-state index in [2.05, 4.69) is 0 Å². The smallest absolute Gasteiger partial charge is 0.338 e. The minimum absolute atomic E-state index is 0.127. The monoisotopic (exact) mass is 874 g/mol. The summed E-state index contributed by atoms with van der Waals surface area (Å²) in [5, 5.41) is 25.9. The molecule has 62 heavy (non-hydrogen) atoms. The molecule has 20 heteroatoms. The van der Waals surface area contributed by atoms with Crippen LogP contribution in [-0.2, 0) is 80.9 Å². The van der Waals surface area contributed by atoms with Crippen molar-refractivity contribution in [2.75, 3.05) is 13.7 Å². The average Bonchev–Trinajstić information content (AvgIpc) is 3.88. The number of fused-ring (bicyclic) bond motifs is 3. The number of aliphatic hydroxyl groups is 2. The molecule has 4 bridgehead atoms. The van der Waals surface area contributed by atoms with Gasteiger partial charge in [0.25, 0.3) is 5.97 Å². The van der Waals surface area contributed by atoms with Gasteiger partial charge in [-0.1, -0.05) is 20.8 Å². The van der Waals surface area contributed by atoms with Crippen LogP contribution in [0, 0.1) is 28.1 Å². The molecule has 3 saturated heterocycles. The molecule has 4 saturated carbocycles. The van der Waals surface area contributed by atoms with Crippen LogP contribution in [0.5, 0.6) is 0 Å². The molecule has 1 unspecified atom stereocenters. The van der Waals surface area contributed by atoms with Gasteiger partial charge < -0.3 is 62.0 Å². The van der Waals surface area contributed by atoms with Gasteiger partial charge in [-0.05, 0) is 18.4 Å². The highest BCUT2D eigenvalue weighted by atomic mass is 16.9. The Kier molecular flexibility index (Phi) is 9.48. The molecule has 2 N–H and O–H groups in total. The average molecular weight is 875 g/mol. The molecule has 8 rings (SSSR count). The van der Waals surface area contributed by atoms with E-state index in [1.807, 2.05) is 0 Å². The fourth-order valence-electron chi connectivity index (χ4n) is 13.8. The van der Waals surface area contributed by atoms with Crippen molar-refractivity contribution >= 4 is 41.8 Å². The summed E-state index contributed by atoms with van der Waals surface area (Å²) in [5.41, 5.74) is -16.4. The molecule has 20 nitrogen and oxygen atoms in total. The third-order valence-corrected chi connectivity index (χ3v) is 14.9. The van der Waals surface area contributed by atoms with E-state index in [1.54, 1.807) is 6.92 Å². The fraction of sp³-hybridized carbons (Fsp3) is 0.690. The van der Waals surface area contributed by atoms with Gasteiger partial charge in [0.1, 0.15) is 41.9 Å². The van der Waals surface area contributed by atoms with Gasteiger partial charge in [0.15, 0.2) is 17.8 Å². The molecule has 4 aliphatic carbocycles. The van der Waals surface area contributed by atoms with Crippen LogP contribution >= 0.6 is 0 Å². The summed E-state index contributed by atoms with van der Waals surface area (Å²) in [7, 11) is 1.13. The highest BCUT2D eigenvalue weighted by Gasteiger charge is 3.09. The molecule has 3 aliphatic heterocycles. The summed E-state index contributed by atoms with van der Waals surface area (Å²) in [4.78, 5) is 96.3. The predicted molar refractivity (Wildman–Crippen MR) is 198 cm³/mol. The van der Waals surface area contributed by atoms with Gasteiger partial charge in [-0.2, -0.15) is 0 Å². The van der Waals surface area contributed by atoms with Crippen LogP contribution in [0.2, 0.25) is 0 Å². The summed E-state index contributed by atoms with van der Waals surface area (Å²) >= 11 is 0. The molecule has 15 atom stereocenters. The van der Waals surface area contributed by atoms with Crippen LogP contribution in [0.4, 0.5) is 0 Å². The zero-order valence-electron chi connectivity index (χ0n) is 35.8. The Morgan fingerprint density at radius 3 is 2.15 bits per heavy atom. The number of allylic oxidation sites excluding steroid dienone is 1. The van der Waals surface area contributed by atoms with Gasteiger partial charge in [0, 0.05) is 71.3 Å². The van der Waals surface area contributed by atoms with E-state index < -0.39 is 153 Å². The molecule has 1 aromatic rings. The van der Waals surface area contributed by atoms with E-state index in [9.17, 15) is 39.0 Å². The maximum absolute atomic E-state index is 15.2. The maximum atomic E-state index is 15.2. The van der Waals surface area contributed by atoms with Crippen LogP contribution in [0.25, 0.3) is 0 Å². The molecule has 0 radical (unpaired) electrons. The molecule has 7 fully saturated rings. The second kappa shape index (κ2) is 13.5. The van der Waals surface area contributed by atoms with E-state index in [0.29, 0.717) is 0 Å². The van der Waals surface area contributed by atoms with Gasteiger partial charge in [0.05, 0.1) is 36.0 Å². The normalized spacial score (nSPS) is 44.9. The zero-order chi connectivity index (χ0) is 45.5. The molecule has 338 valence electrons. The molecular weight excluding hydrogens is 824 g/mol. The highest BCUT2D eigenvalue weighted by molar-refractivity contribution is 5.93. The lowest BCUT2D eigenvalue weighted by atomic mass is 9.31. The lowest BCUT2D eigenvalue weighted by molar-refractivity contribution is -0.496. The third-order valence-electron chi connectivity index (χ3n) is 14.9. The number of carbonyl (C=O) groups excluding carboxylic acids is 7. The van der Waals surface area contributed by atoms with Crippen molar-refractivity contribution < 1.29 is 95.6 Å². The van der Waals surface area contributed by atoms with E-state index in [0.717, 1.165) is 41.7 Å². The second-order valence-electron chi connectivity index (χ2n) is 18.0. The molecule has 0 amide bonds. The van der Waals surface area contributed by atoms with E-state index in [4.69, 9.17) is 51.8 Å². The lowest BCUT2D eigenvalue weighted by Gasteiger charge is -2.79. The Morgan fingerprint density at radius 1 is 0.919 bits per heavy atom. The first-order valence-electron chi connectivity index (χ1n) is 20.3. The van der Waals surface area contributed by atoms with Crippen molar-refractivity contribution in [3.05, 3.63) is 35.5 Å². The first-order chi connectivity index (χ1) is 28.9. The number of esters is 7. The second-order valence-corrected chi connectivity index (χ2v) is 18.0. The number of methoxy groups -OCH3 is 1. The molecule has 0 aromatic carbocycles. The number of furan rings is 1. The van der Waals surface area contributed by atoms with Gasteiger partial charge in [-0.3, -0.25) is 28.8 Å². The Bertz CT molecular complexity index is 2200. The molecular formula is C42H50O20. The van der Waals surface area contributed by atoms with Crippen LogP contribution in [0.15, 0.2) is 34.3 Å². The van der Waals surface area contributed by atoms with Crippen LogP contribution in [0.3, 0.4) is 0 Å². The Morgan fingerprint density at radius 2 is 1.60 bits per heavy atom. The summed E-state index contributed by atoms with van der Waals surface area (Å²) in [6, 6.07) is 1.43. The molecule has 3 spiro atoms. The molecule has 1 aromatic heterocycles. The Hall–Kier alpha value is -5.05. The quantitative estimate of drug-likeness (QED) is 0.140. The van der Waals surface area contributed by atoms with Gasteiger partial charge in [-0.15, -0.1) is 0 Å². The highest BCUT2D eigenvalue weighted by Crippen LogP contribution is 2.91. The SMILES string of the molecule is CCC(O)=C1C(=O)O[C@@H]2[C@@]3(OC(C)=O)[C@@H](OC(C)=O)[C@@]4(C)C[C@]35OC3(C)O[C@]26[C@H]1[C@](C)([C@@H](OC(C)=O)c1ccoc1)[C@@H](OC(C)=O)[C@@H](O)[C@]6(O3)[C@]5(COC(C)=O)[C@H]4CC(=O)OC. The summed E-state index contributed by atoms with van der Waals surface area (Å²) in [6.45, 7) is 10.5. The van der Waals surface area contributed by atoms with Gasteiger partial charge in [-0.25, -0.2) is 4.79 Å². The lowest BCUT2D eigenvalue weighted by Crippen LogP contribution is -2.99. The summed E-state index contributed by atoms with van der Waals surface area (Å²) in [6.07, 6.45) is -8.18. The van der Waals surface area contributed by atoms with Crippen molar-refractivity contribution in [1.29, 1.82) is 0 Å². The third kappa shape index (κ3) is 4.78. The molecule has 7 aliphatic rings. The zero-order valence-corrected chi connectivity index (χ0v) is 35.8. The van der Waals surface area contributed by atoms with Crippen molar-refractivity contribution in [2.45, 2.75) is 140 Å². The van der Waals surface area contributed by atoms with Gasteiger partial charge in [0.2, 0.25) is 5.60 Å². The summed E-state index contributed by atoms with van der Waals surface area (Å²) < 4.78 is 69.6. The number of hydrogen-bond acceptors (Lipinski definition) is 20. The number of aliphatic hydroxyl groups excluding tert-OH is 2. The maximum Gasteiger partial charge on any atom is 0.338 e. The van der Waals surface area contributed by atoms with Crippen LogP contribution in [-0.4, -0.2) is 119 Å². The number of hydrogen-bond donors (Lipinski definition) is 2. The number of rotatable bonds is 11. The van der Waals surface area contributed by atoms with Crippen LogP contribution in [0.1, 0.15) is 93.2 Å². The van der Waals surface area contributed by atoms with E-state index in [1.165, 1.54) is 39.4 Å². The fourth-order valence-corrected chi connectivity index (χ4v) is 13.8. The van der Waals surface area contributed by atoms with Crippen molar-refractivity contribution in [3.8, 4) is 0 Å². The largest absolute Gasteiger partial charge is 0.512 e. The van der Waals surface area contributed by atoms with Crippen molar-refractivity contribution in [3.63, 3.8) is 0 Å². The van der Waals surface area contributed by atoms with Gasteiger partial charge >= 0.3 is 41.8 Å². The minimum atomic E-state index is -2.60. The van der Waals surface area contributed by atoms with E-state index >= 15 is 4.79 Å². The topological polar surface area (TPSA) is 265 Å². The van der Waals surface area contributed by atoms with Crippen molar-refractivity contribution in [2.24, 2.45) is 28.1 Å². The molecule has 4 heterocycles. The predicted octanol–water partition coefficient (Wildman–Crippen LogP) is 2.33. The Labute approximate surface area is 354 Å². The van der Waals surface area contributed by atoms with Crippen LogP contribution < -0.4 is 0 Å². The Balaban J connectivity index is 1.64. The standard InChI is InChI=1S/C42H50O20/c1-11-24(48)27-28-36(8,30(55-19(3)44)23-12-13-53-15-23)31(56-20(4)45)29(50)42-38(17-54-18(2)43)25(14-26(49)52-10)35(7)16-39(38)41(59-22(6)47,33(35)57-21(5)46)34(58-32(27)51)40(28,42)61-37(9,60-39)62-42/h12-13,15,25,28-31,33-34,48,50H,11,14,16-17H2,1-10H3/t25-,28+,29+,30-,31-,33-,34-,35-,36+,37?,38+,39+,40+,41-,42-/m0/s1. The van der Waals surface area contributed by atoms with Crippen molar-refractivity contribution in [1.82, 2.24) is 0 Å². The van der Waals surface area contributed by atoms with E-state index in [-0.39, 0.29) is 18.4 Å². The minimum Gasteiger partial charge on any atom is -0.512 e. The summed E-state index contributed by atoms with van der Waals surface area (Å²) in [5.74, 6) is -12.8. The first kappa shape index (κ1) is 43.6. The number of ether oxygens (including phenoxy) is 10. The first-order valence-corrected chi connectivity index (χ1v) is 20.3.